The number of rotatable bonds is 3. The van der Waals surface area contributed by atoms with Crippen molar-refractivity contribution in [2.75, 3.05) is 14.1 Å². The normalized spacial score (nSPS) is 13.8. The molecule has 12 heavy (non-hydrogen) atoms. The molecule has 1 heterocycles. The van der Waals surface area contributed by atoms with Crippen LogP contribution >= 0.6 is 0 Å². The minimum absolute atomic E-state index is 0.0568. The lowest BCUT2D eigenvalue weighted by Crippen LogP contribution is -2.37. The van der Waals surface area contributed by atoms with E-state index >= 15 is 0 Å². The highest BCUT2D eigenvalue weighted by Gasteiger charge is 2.14. The highest BCUT2D eigenvalue weighted by atomic mass is 16.3. The molecule has 68 valence electrons. The van der Waals surface area contributed by atoms with Crippen molar-refractivity contribution in [2.45, 2.75) is 13.1 Å². The third-order valence-electron chi connectivity index (χ3n) is 1.70. The summed E-state index contributed by atoms with van der Waals surface area (Å²) in [5.41, 5.74) is 2.66. The smallest absolute Gasteiger partial charge is 0.137 e. The van der Waals surface area contributed by atoms with Gasteiger partial charge in [0.1, 0.15) is 17.7 Å². The zero-order valence-corrected chi connectivity index (χ0v) is 7.66. The Kier molecular flexibility index (Phi) is 2.86. The van der Waals surface area contributed by atoms with Gasteiger partial charge in [-0.1, -0.05) is 0 Å². The summed E-state index contributed by atoms with van der Waals surface area (Å²) in [6, 6.07) is 3.84. The van der Waals surface area contributed by atoms with Gasteiger partial charge in [-0.15, -0.1) is 0 Å². The summed E-state index contributed by atoms with van der Waals surface area (Å²) >= 11 is 0. The van der Waals surface area contributed by atoms with E-state index in [-0.39, 0.29) is 6.17 Å². The van der Waals surface area contributed by atoms with Gasteiger partial charge >= 0.3 is 0 Å². The van der Waals surface area contributed by atoms with E-state index in [1.54, 1.807) is 0 Å². The fourth-order valence-corrected chi connectivity index (χ4v) is 1.09. The van der Waals surface area contributed by atoms with E-state index in [1.165, 1.54) is 0 Å². The Hall–Kier alpha value is -0.840. The summed E-state index contributed by atoms with van der Waals surface area (Å²) in [5.74, 6) is 7.09. The topological polar surface area (TPSA) is 54.4 Å². The molecular formula is C8H15N3O. The van der Waals surface area contributed by atoms with Crippen molar-refractivity contribution in [3.05, 3.63) is 23.7 Å². The largest absolute Gasteiger partial charge is 0.463 e. The maximum atomic E-state index is 5.41. The Labute approximate surface area is 72.3 Å². The van der Waals surface area contributed by atoms with Crippen LogP contribution in [0.25, 0.3) is 0 Å². The predicted octanol–water partition coefficient (Wildman–Crippen LogP) is 0.612. The maximum Gasteiger partial charge on any atom is 0.137 e. The summed E-state index contributed by atoms with van der Waals surface area (Å²) < 4.78 is 5.41. The molecule has 0 fully saturated rings. The third kappa shape index (κ3) is 1.85. The maximum absolute atomic E-state index is 5.41. The van der Waals surface area contributed by atoms with Crippen LogP contribution in [0.4, 0.5) is 0 Å². The summed E-state index contributed by atoms with van der Waals surface area (Å²) in [7, 11) is 3.87. The predicted molar refractivity (Wildman–Crippen MR) is 47.2 cm³/mol. The lowest BCUT2D eigenvalue weighted by atomic mass is 10.3. The van der Waals surface area contributed by atoms with E-state index in [2.05, 4.69) is 5.43 Å². The molecule has 3 N–H and O–H groups in total. The molecule has 0 spiro atoms. The molecule has 4 nitrogen and oxygen atoms in total. The number of nitrogens with two attached hydrogens (primary N) is 1. The van der Waals surface area contributed by atoms with Crippen LogP contribution < -0.4 is 11.3 Å². The average molecular weight is 169 g/mol. The quantitative estimate of drug-likeness (QED) is 0.395. The lowest BCUT2D eigenvalue weighted by molar-refractivity contribution is 0.215. The van der Waals surface area contributed by atoms with Crippen LogP contribution in [0.15, 0.2) is 16.5 Å². The first-order valence-electron chi connectivity index (χ1n) is 3.84. The van der Waals surface area contributed by atoms with Crippen molar-refractivity contribution in [3.8, 4) is 0 Å². The van der Waals surface area contributed by atoms with Crippen molar-refractivity contribution < 1.29 is 4.42 Å². The molecule has 0 amide bonds. The van der Waals surface area contributed by atoms with Crippen LogP contribution in [0.2, 0.25) is 0 Å². The van der Waals surface area contributed by atoms with Crippen LogP contribution in [-0.4, -0.2) is 19.0 Å². The van der Waals surface area contributed by atoms with Gasteiger partial charge in [0.15, 0.2) is 0 Å². The molecule has 0 aliphatic rings. The number of nitrogens with one attached hydrogen (secondary N) is 1. The van der Waals surface area contributed by atoms with Crippen LogP contribution in [-0.2, 0) is 0 Å². The SMILES string of the molecule is Cc1ccc(C(NN)N(C)C)o1. The Bertz CT molecular complexity index is 244. The number of hydrogen-bond donors (Lipinski definition) is 2. The fraction of sp³-hybridized carbons (Fsp3) is 0.500. The number of hydrogen-bond acceptors (Lipinski definition) is 4. The monoisotopic (exact) mass is 169 g/mol. The van der Waals surface area contributed by atoms with Gasteiger partial charge in [-0.05, 0) is 33.2 Å². The van der Waals surface area contributed by atoms with E-state index < -0.39 is 0 Å². The van der Waals surface area contributed by atoms with Crippen LogP contribution in [0.5, 0.6) is 0 Å². The second kappa shape index (κ2) is 3.71. The van der Waals surface area contributed by atoms with Gasteiger partial charge in [-0.3, -0.25) is 10.7 Å². The van der Waals surface area contributed by atoms with E-state index in [9.17, 15) is 0 Å². The van der Waals surface area contributed by atoms with E-state index in [0.29, 0.717) is 0 Å². The van der Waals surface area contributed by atoms with Gasteiger partial charge in [0.25, 0.3) is 0 Å². The van der Waals surface area contributed by atoms with Crippen LogP contribution in [0.3, 0.4) is 0 Å². The number of furan rings is 1. The molecule has 1 atom stereocenters. The van der Waals surface area contributed by atoms with Crippen molar-refractivity contribution >= 4 is 0 Å². The first-order valence-corrected chi connectivity index (χ1v) is 3.84. The first-order chi connectivity index (χ1) is 5.65. The van der Waals surface area contributed by atoms with Crippen molar-refractivity contribution in [1.29, 1.82) is 0 Å². The molecule has 1 rings (SSSR count). The third-order valence-corrected chi connectivity index (χ3v) is 1.70. The highest BCUT2D eigenvalue weighted by Crippen LogP contribution is 2.16. The van der Waals surface area contributed by atoms with Gasteiger partial charge in [-0.25, -0.2) is 5.43 Å². The summed E-state index contributed by atoms with van der Waals surface area (Å²) in [5, 5.41) is 0. The number of hydrazine groups is 1. The van der Waals surface area contributed by atoms with Crippen LogP contribution in [0.1, 0.15) is 17.7 Å². The standard InChI is InChI=1S/C8H15N3O/c1-6-4-5-7(12-6)8(10-9)11(2)3/h4-5,8,10H,9H2,1-3H3. The van der Waals surface area contributed by atoms with Gasteiger partial charge in [0, 0.05) is 0 Å². The molecule has 1 unspecified atom stereocenters. The molecule has 0 radical (unpaired) electrons. The number of aryl methyl sites for hydroxylation is 1. The molecular weight excluding hydrogens is 154 g/mol. The van der Waals surface area contributed by atoms with E-state index in [4.69, 9.17) is 10.3 Å². The Morgan fingerprint density at radius 2 is 2.17 bits per heavy atom. The highest BCUT2D eigenvalue weighted by molar-refractivity contribution is 5.08. The van der Waals surface area contributed by atoms with Crippen LogP contribution in [0, 0.1) is 6.92 Å². The summed E-state index contributed by atoms with van der Waals surface area (Å²) in [4.78, 5) is 1.94. The molecule has 0 saturated heterocycles. The van der Waals surface area contributed by atoms with Gasteiger partial charge < -0.3 is 4.42 Å². The second-order valence-corrected chi connectivity index (χ2v) is 2.98. The fourth-order valence-electron chi connectivity index (χ4n) is 1.09. The zero-order chi connectivity index (χ0) is 9.14. The van der Waals surface area contributed by atoms with E-state index in [1.807, 2.05) is 38.1 Å². The minimum atomic E-state index is -0.0568. The minimum Gasteiger partial charge on any atom is -0.463 e. The molecule has 1 aromatic rings. The average Bonchev–Trinajstić information content (AvgIpc) is 2.37. The zero-order valence-electron chi connectivity index (χ0n) is 7.66. The summed E-state index contributed by atoms with van der Waals surface area (Å²) in [6.07, 6.45) is -0.0568. The van der Waals surface area contributed by atoms with Gasteiger partial charge in [0.05, 0.1) is 0 Å². The summed E-state index contributed by atoms with van der Waals surface area (Å²) in [6.45, 7) is 1.91. The first kappa shape index (κ1) is 9.25. The molecule has 0 bridgehead atoms. The molecule has 1 aromatic heterocycles. The van der Waals surface area contributed by atoms with E-state index in [0.717, 1.165) is 11.5 Å². The number of nitrogens with zero attached hydrogens (tertiary/aromatic N) is 1. The molecule has 4 heteroatoms. The molecule has 0 aliphatic heterocycles. The molecule has 0 aromatic carbocycles. The van der Waals surface area contributed by atoms with Crippen molar-refractivity contribution in [3.63, 3.8) is 0 Å². The van der Waals surface area contributed by atoms with Crippen molar-refractivity contribution in [2.24, 2.45) is 5.84 Å². The van der Waals surface area contributed by atoms with Gasteiger partial charge in [-0.2, -0.15) is 0 Å². The Balaban J connectivity index is 2.80. The molecule has 0 aliphatic carbocycles. The van der Waals surface area contributed by atoms with Crippen molar-refractivity contribution in [1.82, 2.24) is 10.3 Å². The molecule has 0 saturated carbocycles. The Morgan fingerprint density at radius 1 is 1.50 bits per heavy atom. The second-order valence-electron chi connectivity index (χ2n) is 2.98. The lowest BCUT2D eigenvalue weighted by Gasteiger charge is -2.20. The van der Waals surface area contributed by atoms with Gasteiger partial charge in [0.2, 0.25) is 0 Å². The Morgan fingerprint density at radius 3 is 2.50 bits per heavy atom.